The summed E-state index contributed by atoms with van der Waals surface area (Å²) in [6.07, 6.45) is 1.45. The van der Waals surface area contributed by atoms with Crippen molar-refractivity contribution in [2.45, 2.75) is 38.0 Å². The van der Waals surface area contributed by atoms with Crippen LogP contribution in [0.15, 0.2) is 29.2 Å². The highest BCUT2D eigenvalue weighted by atomic mass is 32.2. The highest BCUT2D eigenvalue weighted by Gasteiger charge is 2.32. The number of sulfonamides is 1. The predicted octanol–water partition coefficient (Wildman–Crippen LogP) is 0.939. The second-order valence-electron chi connectivity index (χ2n) is 8.77. The Kier molecular flexibility index (Phi) is 7.07. The lowest BCUT2D eigenvalue weighted by Crippen LogP contribution is -2.43. The van der Waals surface area contributed by atoms with Crippen molar-refractivity contribution in [2.24, 2.45) is 17.8 Å². The molecule has 0 saturated carbocycles. The van der Waals surface area contributed by atoms with E-state index in [1.807, 2.05) is 13.8 Å². The van der Waals surface area contributed by atoms with Gasteiger partial charge in [0.05, 0.1) is 16.4 Å². The van der Waals surface area contributed by atoms with Crippen LogP contribution in [0.1, 0.15) is 43.5 Å². The number of hydrogen-bond acceptors (Lipinski definition) is 6. The van der Waals surface area contributed by atoms with Gasteiger partial charge in [0.2, 0.25) is 15.9 Å². The maximum absolute atomic E-state index is 12.9. The number of nitrogens with zero attached hydrogens (tertiary/aromatic N) is 1. The molecule has 0 aromatic heterocycles. The number of piperidine rings is 1. The van der Waals surface area contributed by atoms with Gasteiger partial charge in [-0.05, 0) is 54.9 Å². The molecule has 1 aromatic rings. The van der Waals surface area contributed by atoms with Gasteiger partial charge in [-0.25, -0.2) is 16.8 Å². The minimum Gasteiger partial charge on any atom is -0.273 e. The Hall–Kier alpha value is -1.98. The van der Waals surface area contributed by atoms with Crippen LogP contribution in [-0.2, 0) is 24.7 Å². The lowest BCUT2D eigenvalue weighted by atomic mass is 9.94. The van der Waals surface area contributed by atoms with Crippen LogP contribution in [0, 0.1) is 17.8 Å². The molecule has 172 valence electrons. The molecule has 0 spiro atoms. The maximum atomic E-state index is 12.9. The van der Waals surface area contributed by atoms with Crippen LogP contribution in [0.3, 0.4) is 0 Å². The van der Waals surface area contributed by atoms with Gasteiger partial charge in [-0.3, -0.25) is 20.4 Å². The first-order valence-corrected chi connectivity index (χ1v) is 13.6. The molecule has 0 aliphatic carbocycles. The average molecular weight is 472 g/mol. The van der Waals surface area contributed by atoms with Crippen LogP contribution in [0.5, 0.6) is 0 Å². The fourth-order valence-electron chi connectivity index (χ4n) is 4.27. The highest BCUT2D eigenvalue weighted by molar-refractivity contribution is 7.91. The van der Waals surface area contributed by atoms with Crippen LogP contribution in [0.4, 0.5) is 0 Å². The van der Waals surface area contributed by atoms with Gasteiger partial charge in [-0.1, -0.05) is 13.8 Å². The van der Waals surface area contributed by atoms with Crippen molar-refractivity contribution in [3.63, 3.8) is 0 Å². The van der Waals surface area contributed by atoms with E-state index in [1.54, 1.807) is 0 Å². The normalized spacial score (nSPS) is 26.3. The number of carbonyl (C=O) groups is 2. The summed E-state index contributed by atoms with van der Waals surface area (Å²) in [5.41, 5.74) is 4.76. The van der Waals surface area contributed by atoms with Gasteiger partial charge in [-0.15, -0.1) is 0 Å². The molecular formula is C20H29N3O6S2. The number of sulfone groups is 1. The molecule has 1 aromatic carbocycles. The molecule has 2 heterocycles. The lowest BCUT2D eigenvalue weighted by Gasteiger charge is -2.34. The Balaban J connectivity index is 1.55. The van der Waals surface area contributed by atoms with Crippen molar-refractivity contribution >= 4 is 31.7 Å². The highest BCUT2D eigenvalue weighted by Crippen LogP contribution is 2.26. The smallest absolute Gasteiger partial charge is 0.269 e. The van der Waals surface area contributed by atoms with Crippen LogP contribution in [-0.4, -0.2) is 57.6 Å². The topological polar surface area (TPSA) is 130 Å². The first-order valence-electron chi connectivity index (χ1n) is 10.4. The van der Waals surface area contributed by atoms with E-state index < -0.39 is 31.7 Å². The maximum Gasteiger partial charge on any atom is 0.269 e. The lowest BCUT2D eigenvalue weighted by molar-refractivity contribution is -0.122. The Morgan fingerprint density at radius 1 is 1.06 bits per heavy atom. The first kappa shape index (κ1) is 23.7. The molecule has 3 rings (SSSR count). The van der Waals surface area contributed by atoms with E-state index in [4.69, 9.17) is 0 Å². The molecule has 31 heavy (non-hydrogen) atoms. The molecule has 2 aliphatic heterocycles. The van der Waals surface area contributed by atoms with E-state index in [-0.39, 0.29) is 46.1 Å². The third kappa shape index (κ3) is 6.05. The average Bonchev–Trinajstić information content (AvgIpc) is 3.03. The van der Waals surface area contributed by atoms with Gasteiger partial charge in [0.1, 0.15) is 0 Å². The number of benzene rings is 1. The number of rotatable bonds is 5. The fraction of sp³-hybridized carbons (Fsp3) is 0.600. The molecule has 2 aliphatic rings. The van der Waals surface area contributed by atoms with Crippen molar-refractivity contribution in [1.82, 2.24) is 15.2 Å². The molecule has 2 amide bonds. The van der Waals surface area contributed by atoms with Gasteiger partial charge in [-0.2, -0.15) is 4.31 Å². The Morgan fingerprint density at radius 3 is 2.23 bits per heavy atom. The van der Waals surface area contributed by atoms with E-state index in [1.165, 1.54) is 28.6 Å². The third-order valence-electron chi connectivity index (χ3n) is 5.71. The zero-order valence-electron chi connectivity index (χ0n) is 17.7. The van der Waals surface area contributed by atoms with Crippen molar-refractivity contribution in [1.29, 1.82) is 0 Å². The van der Waals surface area contributed by atoms with Crippen LogP contribution >= 0.6 is 0 Å². The second kappa shape index (κ2) is 9.25. The summed E-state index contributed by atoms with van der Waals surface area (Å²) in [6, 6.07) is 5.57. The summed E-state index contributed by atoms with van der Waals surface area (Å²) >= 11 is 0. The Morgan fingerprint density at radius 2 is 1.68 bits per heavy atom. The molecular weight excluding hydrogens is 442 g/mol. The standard InChI is InChI=1S/C20H29N3O6S2/c1-14-9-15(2)12-23(11-14)31(28,29)18-5-3-17(4-6-18)20(25)22-21-19(24)10-16-7-8-30(26,27)13-16/h3-6,14-16H,7-13H2,1-2H3,(H,21,24)(H,22,25). The summed E-state index contributed by atoms with van der Waals surface area (Å²) in [6.45, 7) is 5.02. The van der Waals surface area contributed by atoms with Gasteiger partial charge in [0.25, 0.3) is 5.91 Å². The zero-order valence-corrected chi connectivity index (χ0v) is 19.3. The van der Waals surface area contributed by atoms with Gasteiger partial charge in [0, 0.05) is 25.1 Å². The molecule has 11 heteroatoms. The molecule has 2 N–H and O–H groups in total. The van der Waals surface area contributed by atoms with Crippen molar-refractivity contribution in [3.8, 4) is 0 Å². The SMILES string of the molecule is CC1CC(C)CN(S(=O)(=O)c2ccc(C(=O)NNC(=O)CC3CCS(=O)(=O)C3)cc2)C1. The van der Waals surface area contributed by atoms with Crippen LogP contribution < -0.4 is 10.9 Å². The number of hydrogen-bond donors (Lipinski definition) is 2. The number of carbonyl (C=O) groups excluding carboxylic acids is 2. The fourth-order valence-corrected chi connectivity index (χ4v) is 7.82. The monoisotopic (exact) mass is 471 g/mol. The van der Waals surface area contributed by atoms with E-state index in [0.717, 1.165) is 6.42 Å². The minimum atomic E-state index is -3.64. The molecule has 2 fully saturated rings. The molecule has 0 radical (unpaired) electrons. The summed E-state index contributed by atoms with van der Waals surface area (Å²) < 4.78 is 50.2. The van der Waals surface area contributed by atoms with Crippen molar-refractivity contribution < 1.29 is 26.4 Å². The number of amides is 2. The predicted molar refractivity (Wildman–Crippen MR) is 115 cm³/mol. The van der Waals surface area contributed by atoms with E-state index in [9.17, 15) is 26.4 Å². The van der Waals surface area contributed by atoms with E-state index in [0.29, 0.717) is 19.5 Å². The van der Waals surface area contributed by atoms with Gasteiger partial charge in [0.15, 0.2) is 9.84 Å². The summed E-state index contributed by atoms with van der Waals surface area (Å²) in [5.74, 6) is -0.653. The molecule has 3 unspecified atom stereocenters. The second-order valence-corrected chi connectivity index (χ2v) is 12.9. The van der Waals surface area contributed by atoms with E-state index >= 15 is 0 Å². The summed E-state index contributed by atoms with van der Waals surface area (Å²) in [7, 11) is -6.70. The van der Waals surface area contributed by atoms with Gasteiger partial charge >= 0.3 is 0 Å². The van der Waals surface area contributed by atoms with E-state index in [2.05, 4.69) is 10.9 Å². The molecule has 9 nitrogen and oxygen atoms in total. The van der Waals surface area contributed by atoms with Crippen LogP contribution in [0.2, 0.25) is 0 Å². The van der Waals surface area contributed by atoms with Crippen molar-refractivity contribution in [2.75, 3.05) is 24.6 Å². The van der Waals surface area contributed by atoms with Gasteiger partial charge < -0.3 is 0 Å². The van der Waals surface area contributed by atoms with Crippen LogP contribution in [0.25, 0.3) is 0 Å². The Labute approximate surface area is 183 Å². The Bertz CT molecular complexity index is 1030. The first-order chi connectivity index (χ1) is 14.5. The quantitative estimate of drug-likeness (QED) is 0.615. The molecule has 0 bridgehead atoms. The minimum absolute atomic E-state index is 0.0150. The number of hydrazine groups is 1. The van der Waals surface area contributed by atoms with Crippen molar-refractivity contribution in [3.05, 3.63) is 29.8 Å². The number of nitrogens with one attached hydrogen (secondary N) is 2. The molecule has 2 saturated heterocycles. The molecule has 3 atom stereocenters. The summed E-state index contributed by atoms with van der Waals surface area (Å²) in [4.78, 5) is 24.3. The largest absolute Gasteiger partial charge is 0.273 e. The third-order valence-corrected chi connectivity index (χ3v) is 9.39. The summed E-state index contributed by atoms with van der Waals surface area (Å²) in [5, 5.41) is 0. The zero-order chi connectivity index (χ0) is 22.8.